The molecule has 5 nitrogen and oxygen atoms in total. The van der Waals surface area contributed by atoms with Gasteiger partial charge in [-0.15, -0.1) is 0 Å². The van der Waals surface area contributed by atoms with Crippen LogP contribution in [0, 0.1) is 11.3 Å². The van der Waals surface area contributed by atoms with Crippen molar-refractivity contribution in [3.8, 4) is 6.07 Å². The van der Waals surface area contributed by atoms with Crippen LogP contribution in [0.25, 0.3) is 0 Å². The van der Waals surface area contributed by atoms with E-state index in [0.717, 1.165) is 0 Å². The Morgan fingerprint density at radius 1 is 1.67 bits per heavy atom. The molecule has 0 N–H and O–H groups in total. The SMILES string of the molecule is CCC(C#N)S(=O)(=O)N1CCC(OC)C1. The van der Waals surface area contributed by atoms with Gasteiger partial charge in [0.05, 0.1) is 12.2 Å². The van der Waals surface area contributed by atoms with Crippen LogP contribution in [-0.2, 0) is 14.8 Å². The average Bonchev–Trinajstić information content (AvgIpc) is 2.67. The molecule has 2 unspecified atom stereocenters. The van der Waals surface area contributed by atoms with Gasteiger partial charge >= 0.3 is 0 Å². The van der Waals surface area contributed by atoms with Crippen molar-refractivity contribution >= 4 is 10.0 Å². The molecule has 0 aromatic rings. The third-order valence-corrected chi connectivity index (χ3v) is 4.88. The Hall–Kier alpha value is -0.640. The summed E-state index contributed by atoms with van der Waals surface area (Å²) in [5.41, 5.74) is 0. The maximum atomic E-state index is 11.9. The molecule has 1 fully saturated rings. The summed E-state index contributed by atoms with van der Waals surface area (Å²) >= 11 is 0. The Labute approximate surface area is 90.7 Å². The largest absolute Gasteiger partial charge is 0.380 e. The van der Waals surface area contributed by atoms with Crippen molar-refractivity contribution in [2.24, 2.45) is 0 Å². The molecule has 2 atom stereocenters. The number of ether oxygens (including phenoxy) is 1. The van der Waals surface area contributed by atoms with Crippen molar-refractivity contribution in [1.82, 2.24) is 4.31 Å². The van der Waals surface area contributed by atoms with Gasteiger partial charge in [0.25, 0.3) is 0 Å². The van der Waals surface area contributed by atoms with E-state index in [1.807, 2.05) is 6.07 Å². The van der Waals surface area contributed by atoms with Crippen LogP contribution in [0.5, 0.6) is 0 Å². The first-order valence-corrected chi connectivity index (χ1v) is 6.48. The topological polar surface area (TPSA) is 70.4 Å². The highest BCUT2D eigenvalue weighted by atomic mass is 32.2. The van der Waals surface area contributed by atoms with E-state index in [1.165, 1.54) is 4.31 Å². The number of nitrogens with zero attached hydrogens (tertiary/aromatic N) is 2. The van der Waals surface area contributed by atoms with E-state index in [2.05, 4.69) is 0 Å². The van der Waals surface area contributed by atoms with Crippen molar-refractivity contribution in [3.63, 3.8) is 0 Å². The number of sulfonamides is 1. The molecular formula is C9H16N2O3S. The summed E-state index contributed by atoms with van der Waals surface area (Å²) < 4.78 is 30.3. The van der Waals surface area contributed by atoms with Gasteiger partial charge in [0, 0.05) is 20.2 Å². The predicted octanol–water partition coefficient (Wildman–Crippen LogP) is 0.339. The molecule has 0 aromatic carbocycles. The highest BCUT2D eigenvalue weighted by Gasteiger charge is 2.36. The number of methoxy groups -OCH3 is 1. The fourth-order valence-corrected chi connectivity index (χ4v) is 3.32. The standard InChI is InChI=1S/C9H16N2O3S/c1-3-9(6-10)15(12,13)11-5-4-8(7-11)14-2/h8-9H,3-5,7H2,1-2H3. The van der Waals surface area contributed by atoms with Crippen molar-refractivity contribution < 1.29 is 13.2 Å². The minimum absolute atomic E-state index is 0.0315. The molecule has 0 aromatic heterocycles. The maximum Gasteiger partial charge on any atom is 0.230 e. The molecule has 86 valence electrons. The minimum Gasteiger partial charge on any atom is -0.380 e. The van der Waals surface area contributed by atoms with Crippen LogP contribution >= 0.6 is 0 Å². The minimum atomic E-state index is -3.45. The third kappa shape index (κ3) is 2.48. The van der Waals surface area contributed by atoms with Crippen molar-refractivity contribution in [2.45, 2.75) is 31.1 Å². The van der Waals surface area contributed by atoms with Crippen LogP contribution in [-0.4, -0.2) is 44.3 Å². The van der Waals surface area contributed by atoms with E-state index in [0.29, 0.717) is 25.9 Å². The number of hydrogen-bond acceptors (Lipinski definition) is 4. The third-order valence-electron chi connectivity index (χ3n) is 2.68. The first-order valence-electron chi connectivity index (χ1n) is 4.97. The second-order valence-corrected chi connectivity index (χ2v) is 5.69. The van der Waals surface area contributed by atoms with Gasteiger partial charge in [-0.25, -0.2) is 8.42 Å². The van der Waals surface area contributed by atoms with Gasteiger partial charge in [-0.1, -0.05) is 6.92 Å². The van der Waals surface area contributed by atoms with Gasteiger partial charge < -0.3 is 4.74 Å². The molecular weight excluding hydrogens is 216 g/mol. The number of hydrogen-bond donors (Lipinski definition) is 0. The second-order valence-electron chi connectivity index (χ2n) is 3.58. The van der Waals surface area contributed by atoms with Gasteiger partial charge in [-0.2, -0.15) is 9.57 Å². The lowest BCUT2D eigenvalue weighted by Gasteiger charge is -2.18. The fourth-order valence-electron chi connectivity index (χ4n) is 1.67. The van der Waals surface area contributed by atoms with Gasteiger partial charge in [0.1, 0.15) is 0 Å². The molecule has 1 rings (SSSR count). The summed E-state index contributed by atoms with van der Waals surface area (Å²) in [5.74, 6) is 0. The zero-order valence-corrected chi connectivity index (χ0v) is 9.83. The van der Waals surface area contributed by atoms with Crippen molar-refractivity contribution in [3.05, 3.63) is 0 Å². The molecule has 1 heterocycles. The van der Waals surface area contributed by atoms with Crippen molar-refractivity contribution in [2.75, 3.05) is 20.2 Å². The molecule has 0 spiro atoms. The van der Waals surface area contributed by atoms with Crippen LogP contribution in [0.2, 0.25) is 0 Å². The van der Waals surface area contributed by atoms with Crippen molar-refractivity contribution in [1.29, 1.82) is 5.26 Å². The van der Waals surface area contributed by atoms with E-state index in [9.17, 15) is 8.42 Å². The van der Waals surface area contributed by atoms with Crippen LogP contribution in [0.4, 0.5) is 0 Å². The zero-order valence-electron chi connectivity index (χ0n) is 9.01. The average molecular weight is 232 g/mol. The maximum absolute atomic E-state index is 11.9. The molecule has 1 aliphatic rings. The molecule has 1 saturated heterocycles. The summed E-state index contributed by atoms with van der Waals surface area (Å²) in [4.78, 5) is 0. The number of rotatable bonds is 4. The molecule has 1 aliphatic heterocycles. The summed E-state index contributed by atoms with van der Waals surface area (Å²) in [6.45, 7) is 2.53. The molecule has 0 radical (unpaired) electrons. The van der Waals surface area contributed by atoms with E-state index >= 15 is 0 Å². The normalized spacial score (nSPS) is 25.0. The Morgan fingerprint density at radius 2 is 2.33 bits per heavy atom. The van der Waals surface area contributed by atoms with E-state index < -0.39 is 15.3 Å². The van der Waals surface area contributed by atoms with E-state index in [-0.39, 0.29) is 6.10 Å². The Balaban J connectivity index is 2.76. The lowest BCUT2D eigenvalue weighted by molar-refractivity contribution is 0.115. The first kappa shape index (κ1) is 12.4. The quantitative estimate of drug-likeness (QED) is 0.700. The van der Waals surface area contributed by atoms with E-state index in [1.54, 1.807) is 14.0 Å². The molecule has 6 heteroatoms. The molecule has 15 heavy (non-hydrogen) atoms. The van der Waals surface area contributed by atoms with Crippen LogP contribution in [0.3, 0.4) is 0 Å². The van der Waals surface area contributed by atoms with Gasteiger partial charge in [0.2, 0.25) is 10.0 Å². The first-order chi connectivity index (χ1) is 7.06. The van der Waals surface area contributed by atoms with Crippen LogP contribution in [0.1, 0.15) is 19.8 Å². The monoisotopic (exact) mass is 232 g/mol. The summed E-state index contributed by atoms with van der Waals surface area (Å²) in [6.07, 6.45) is 1.00. The summed E-state index contributed by atoms with van der Waals surface area (Å²) in [5, 5.41) is 7.83. The van der Waals surface area contributed by atoms with Gasteiger partial charge in [-0.05, 0) is 12.8 Å². The Kier molecular flexibility index (Phi) is 4.08. The summed E-state index contributed by atoms with van der Waals surface area (Å²) in [7, 11) is -1.88. The molecule has 0 amide bonds. The smallest absolute Gasteiger partial charge is 0.230 e. The number of nitriles is 1. The zero-order chi connectivity index (χ0) is 11.5. The van der Waals surface area contributed by atoms with Crippen LogP contribution in [0.15, 0.2) is 0 Å². The Bertz CT molecular complexity index is 347. The molecule has 0 bridgehead atoms. The highest BCUT2D eigenvalue weighted by molar-refractivity contribution is 7.90. The fraction of sp³-hybridized carbons (Fsp3) is 0.889. The highest BCUT2D eigenvalue weighted by Crippen LogP contribution is 2.20. The lowest BCUT2D eigenvalue weighted by atomic mass is 10.3. The molecule has 0 saturated carbocycles. The lowest BCUT2D eigenvalue weighted by Crippen LogP contribution is -2.37. The Morgan fingerprint density at radius 3 is 2.73 bits per heavy atom. The van der Waals surface area contributed by atoms with E-state index in [4.69, 9.17) is 10.00 Å². The second kappa shape index (κ2) is 4.92. The predicted molar refractivity (Wildman–Crippen MR) is 55.6 cm³/mol. The van der Waals surface area contributed by atoms with Crippen LogP contribution < -0.4 is 0 Å². The van der Waals surface area contributed by atoms with Gasteiger partial charge in [0.15, 0.2) is 5.25 Å². The van der Waals surface area contributed by atoms with Gasteiger partial charge in [-0.3, -0.25) is 0 Å². The summed E-state index contributed by atoms with van der Waals surface area (Å²) in [6, 6.07) is 1.83. The molecule has 0 aliphatic carbocycles.